The first-order valence-electron chi connectivity index (χ1n) is 20.7. The lowest BCUT2D eigenvalue weighted by Gasteiger charge is -2.31. The first-order valence-corrected chi connectivity index (χ1v) is 20.7. The Bertz CT molecular complexity index is 3430. The highest BCUT2D eigenvalue weighted by atomic mass is 16.5. The minimum absolute atomic E-state index is 0.605. The first-order chi connectivity index (χ1) is 30.7. The molecule has 10 aromatic carbocycles. The summed E-state index contributed by atoms with van der Waals surface area (Å²) >= 11 is 0. The molecule has 5 heteroatoms. The lowest BCUT2D eigenvalue weighted by molar-refractivity contribution is 0.480. The summed E-state index contributed by atoms with van der Waals surface area (Å²) in [5.74, 6) is 3.16. The molecule has 62 heavy (non-hydrogen) atoms. The molecule has 290 valence electrons. The van der Waals surface area contributed by atoms with Crippen molar-refractivity contribution in [2.24, 2.45) is 0 Å². The maximum absolute atomic E-state index is 9.90. The van der Waals surface area contributed by atoms with Gasteiger partial charge in [0.1, 0.15) is 23.0 Å². The van der Waals surface area contributed by atoms with Gasteiger partial charge >= 0.3 is 0 Å². The van der Waals surface area contributed by atoms with Gasteiger partial charge in [-0.25, -0.2) is 0 Å². The Kier molecular flexibility index (Phi) is 8.16. The van der Waals surface area contributed by atoms with Crippen molar-refractivity contribution in [1.29, 1.82) is 5.26 Å². The molecule has 5 nitrogen and oxygen atoms in total. The van der Waals surface area contributed by atoms with Crippen LogP contribution in [0.3, 0.4) is 0 Å². The number of para-hydroxylation sites is 2. The average molecular weight is 794 g/mol. The highest BCUT2D eigenvalue weighted by Gasteiger charge is 2.30. The van der Waals surface area contributed by atoms with Gasteiger partial charge in [0.2, 0.25) is 0 Å². The lowest BCUT2D eigenvalue weighted by atomic mass is 9.88. The van der Waals surface area contributed by atoms with Crippen LogP contribution >= 0.6 is 0 Å². The van der Waals surface area contributed by atoms with E-state index in [2.05, 4.69) is 168 Å². The molecule has 0 radical (unpaired) electrons. The average Bonchev–Trinajstić information content (AvgIpc) is 3.34. The van der Waals surface area contributed by atoms with Gasteiger partial charge in [0, 0.05) is 68.0 Å². The van der Waals surface area contributed by atoms with E-state index in [1.807, 2.05) is 60.7 Å². The Hall–Kier alpha value is -8.59. The van der Waals surface area contributed by atoms with Crippen molar-refractivity contribution in [3.8, 4) is 62.4 Å². The molecule has 0 bridgehead atoms. The lowest BCUT2D eigenvalue weighted by Crippen LogP contribution is -2.12. The number of benzene rings is 10. The highest BCUT2D eigenvalue weighted by Crippen LogP contribution is 2.56. The van der Waals surface area contributed by atoms with Crippen LogP contribution in [0.5, 0.6) is 23.0 Å². The number of nitrogens with zero attached hydrogens (tertiary/aromatic N) is 3. The molecule has 0 aromatic heterocycles. The molecular weight excluding hydrogens is 759 g/mol. The summed E-state index contributed by atoms with van der Waals surface area (Å²) in [6, 6.07) is 75.8. The van der Waals surface area contributed by atoms with E-state index >= 15 is 0 Å². The number of hydrogen-bond donors (Lipinski definition) is 0. The van der Waals surface area contributed by atoms with Crippen molar-refractivity contribution >= 4 is 55.7 Å². The number of ether oxygens (including phenoxy) is 2. The van der Waals surface area contributed by atoms with E-state index in [0.717, 1.165) is 101 Å². The fourth-order valence-corrected chi connectivity index (χ4v) is 9.20. The molecule has 12 rings (SSSR count). The maximum Gasteiger partial charge on any atom is 0.137 e. The van der Waals surface area contributed by atoms with Gasteiger partial charge < -0.3 is 19.3 Å². The quantitative estimate of drug-likeness (QED) is 0.161. The fraction of sp³-hybridized carbons (Fsp3) is 0. The second kappa shape index (κ2) is 14.3. The Morgan fingerprint density at radius 2 is 0.839 bits per heavy atom. The number of anilines is 6. The Morgan fingerprint density at radius 1 is 0.339 bits per heavy atom. The van der Waals surface area contributed by atoms with Gasteiger partial charge in [0.15, 0.2) is 0 Å². The van der Waals surface area contributed by atoms with Crippen LogP contribution in [-0.4, -0.2) is 0 Å². The smallest absolute Gasteiger partial charge is 0.137 e. The summed E-state index contributed by atoms with van der Waals surface area (Å²) in [5, 5.41) is 14.4. The third-order valence-corrected chi connectivity index (χ3v) is 12.0. The number of hydrogen-bond acceptors (Lipinski definition) is 5. The SMILES string of the molecule is N#Cc1ccc(N(c2ccccc2)c2ccc3c(c2)Oc2ccc4c5c(ccc-3c25)Oc2cc(N(c3ccccc3)c3ccc5ccccc5c3)ccc2-4)c(-c2ccccc2)c1. The molecule has 0 saturated heterocycles. The third-order valence-electron chi connectivity index (χ3n) is 12.0. The van der Waals surface area contributed by atoms with Crippen LogP contribution in [0.1, 0.15) is 5.56 Å². The number of nitriles is 1. The second-order valence-corrected chi connectivity index (χ2v) is 15.6. The summed E-state index contributed by atoms with van der Waals surface area (Å²) in [7, 11) is 0. The van der Waals surface area contributed by atoms with Gasteiger partial charge in [0.05, 0.1) is 17.3 Å². The van der Waals surface area contributed by atoms with E-state index < -0.39 is 0 Å². The Labute approximate surface area is 359 Å². The van der Waals surface area contributed by atoms with E-state index in [-0.39, 0.29) is 0 Å². The zero-order valence-corrected chi connectivity index (χ0v) is 33.4. The number of fused-ring (bicyclic) bond motifs is 5. The molecule has 2 aliphatic rings. The monoisotopic (exact) mass is 793 g/mol. The van der Waals surface area contributed by atoms with Crippen LogP contribution in [0.25, 0.3) is 54.9 Å². The molecule has 10 aromatic rings. The maximum atomic E-state index is 9.90. The van der Waals surface area contributed by atoms with Crippen molar-refractivity contribution in [1.82, 2.24) is 0 Å². The van der Waals surface area contributed by atoms with E-state index in [1.54, 1.807) is 0 Å². The zero-order valence-electron chi connectivity index (χ0n) is 33.4. The minimum atomic E-state index is 0.605. The third kappa shape index (κ3) is 5.77. The van der Waals surface area contributed by atoms with Crippen molar-refractivity contribution in [2.45, 2.75) is 0 Å². The van der Waals surface area contributed by atoms with E-state index in [1.165, 1.54) is 10.8 Å². The summed E-state index contributed by atoms with van der Waals surface area (Å²) in [4.78, 5) is 4.52. The van der Waals surface area contributed by atoms with E-state index in [9.17, 15) is 5.26 Å². The van der Waals surface area contributed by atoms with Crippen LogP contribution in [0.4, 0.5) is 34.1 Å². The van der Waals surface area contributed by atoms with Gasteiger partial charge in [-0.3, -0.25) is 0 Å². The molecule has 0 aliphatic carbocycles. The van der Waals surface area contributed by atoms with Crippen LogP contribution in [-0.2, 0) is 0 Å². The summed E-state index contributed by atoms with van der Waals surface area (Å²) in [6.07, 6.45) is 0. The van der Waals surface area contributed by atoms with Gasteiger partial charge in [0.25, 0.3) is 0 Å². The molecule has 2 heterocycles. The summed E-state index contributed by atoms with van der Waals surface area (Å²) in [6.45, 7) is 0. The molecule has 0 fully saturated rings. The van der Waals surface area contributed by atoms with Crippen molar-refractivity contribution in [3.63, 3.8) is 0 Å². The van der Waals surface area contributed by atoms with Crippen LogP contribution < -0.4 is 19.3 Å². The van der Waals surface area contributed by atoms with Crippen LogP contribution in [0.15, 0.2) is 212 Å². The van der Waals surface area contributed by atoms with Gasteiger partial charge in [-0.05, 0) is 131 Å². The highest BCUT2D eigenvalue weighted by molar-refractivity contribution is 6.14. The second-order valence-electron chi connectivity index (χ2n) is 15.6. The molecule has 2 aliphatic heterocycles. The summed E-state index contributed by atoms with van der Waals surface area (Å²) in [5.41, 5.74) is 12.9. The van der Waals surface area contributed by atoms with Crippen molar-refractivity contribution in [3.05, 3.63) is 218 Å². The largest absolute Gasteiger partial charge is 0.456 e. The van der Waals surface area contributed by atoms with Gasteiger partial charge in [-0.2, -0.15) is 5.26 Å². The van der Waals surface area contributed by atoms with Crippen LogP contribution in [0.2, 0.25) is 0 Å². The topological polar surface area (TPSA) is 48.7 Å². The van der Waals surface area contributed by atoms with E-state index in [4.69, 9.17) is 9.47 Å². The predicted octanol–water partition coefficient (Wildman–Crippen LogP) is 16.0. The molecule has 0 saturated carbocycles. The molecule has 0 unspecified atom stereocenters. The standard InChI is InChI=1S/C57H35N3O2/c58-36-37-20-29-51(50(32-37)39-13-4-1-5-14-39)60(42-18-8-3-9-19-42)45-24-26-47-49-28-30-52-56-48(27-31-53(57(49)56)62-55(47)35-45)46-25-23-44(34-54(46)61-52)59(41-16-6-2-7-17-41)43-22-21-38-12-10-11-15-40(38)33-43/h1-35H. The minimum Gasteiger partial charge on any atom is -0.456 e. The first kappa shape index (κ1) is 35.4. The van der Waals surface area contributed by atoms with Crippen LogP contribution in [0, 0.1) is 11.3 Å². The molecule has 0 N–H and O–H groups in total. The van der Waals surface area contributed by atoms with E-state index in [0.29, 0.717) is 5.56 Å². The van der Waals surface area contributed by atoms with Crippen molar-refractivity contribution < 1.29 is 9.47 Å². The van der Waals surface area contributed by atoms with Gasteiger partial charge in [-0.15, -0.1) is 0 Å². The Morgan fingerprint density at radius 3 is 1.45 bits per heavy atom. The summed E-state index contributed by atoms with van der Waals surface area (Å²) < 4.78 is 13.7. The molecule has 0 atom stereocenters. The zero-order chi connectivity index (χ0) is 41.1. The fourth-order valence-electron chi connectivity index (χ4n) is 9.20. The molecule has 0 spiro atoms. The number of rotatable bonds is 7. The van der Waals surface area contributed by atoms with Crippen molar-refractivity contribution in [2.75, 3.05) is 9.80 Å². The molecular formula is C57H35N3O2. The van der Waals surface area contributed by atoms with Gasteiger partial charge in [-0.1, -0.05) is 97.1 Å². The predicted molar refractivity (Wildman–Crippen MR) is 252 cm³/mol. The molecule has 0 amide bonds. The Balaban J connectivity index is 0.954. The normalized spacial score (nSPS) is 11.8.